The van der Waals surface area contributed by atoms with Crippen LogP contribution in [0, 0.1) is 0 Å². The van der Waals surface area contributed by atoms with E-state index in [1.54, 1.807) is 0 Å². The molecule has 0 amide bonds. The van der Waals surface area contributed by atoms with Crippen molar-refractivity contribution < 1.29 is 4.74 Å². The monoisotopic (exact) mass is 319 g/mol. The quantitative estimate of drug-likeness (QED) is 0.884. The van der Waals surface area contributed by atoms with Crippen molar-refractivity contribution in [2.75, 3.05) is 6.61 Å². The summed E-state index contributed by atoms with van der Waals surface area (Å²) in [5.41, 5.74) is 8.49. The van der Waals surface area contributed by atoms with Gasteiger partial charge in [0.15, 0.2) is 0 Å². The van der Waals surface area contributed by atoms with Gasteiger partial charge < -0.3 is 10.5 Å². The molecule has 0 heterocycles. The van der Waals surface area contributed by atoms with Gasteiger partial charge in [0.05, 0.1) is 13.2 Å². The fraction of sp³-hybridized carbons (Fsp3) is 0.250. The van der Waals surface area contributed by atoms with E-state index in [0.717, 1.165) is 10.9 Å². The second kappa shape index (κ2) is 7.43. The second-order valence-corrected chi connectivity index (χ2v) is 5.51. The summed E-state index contributed by atoms with van der Waals surface area (Å²) < 4.78 is 6.73. The summed E-state index contributed by atoms with van der Waals surface area (Å²) >= 11 is 3.42. The lowest BCUT2D eigenvalue weighted by atomic mass is 10.1. The molecule has 0 saturated carbocycles. The lowest BCUT2D eigenvalue weighted by Gasteiger charge is -2.12. The van der Waals surface area contributed by atoms with E-state index in [4.69, 9.17) is 10.5 Å². The van der Waals surface area contributed by atoms with Crippen LogP contribution in [-0.2, 0) is 17.8 Å². The molecule has 0 aromatic heterocycles. The zero-order valence-electron chi connectivity index (χ0n) is 10.8. The smallest absolute Gasteiger partial charge is 0.0717 e. The average Bonchev–Trinajstić information content (AvgIpc) is 2.43. The first-order valence-corrected chi connectivity index (χ1v) is 7.15. The molecule has 0 aliphatic carbocycles. The Bertz CT molecular complexity index is 484. The van der Waals surface area contributed by atoms with Gasteiger partial charge in [0, 0.05) is 10.5 Å². The third-order valence-electron chi connectivity index (χ3n) is 2.85. The zero-order valence-corrected chi connectivity index (χ0v) is 12.3. The largest absolute Gasteiger partial charge is 0.375 e. The van der Waals surface area contributed by atoms with Crippen LogP contribution in [0.5, 0.6) is 0 Å². The van der Waals surface area contributed by atoms with Crippen LogP contribution in [0.1, 0.15) is 11.1 Å². The maximum Gasteiger partial charge on any atom is 0.0717 e. The van der Waals surface area contributed by atoms with E-state index in [1.165, 1.54) is 11.1 Å². The molecule has 2 aromatic rings. The predicted octanol–water partition coefficient (Wildman–Crippen LogP) is 3.54. The van der Waals surface area contributed by atoms with E-state index in [9.17, 15) is 0 Å². The van der Waals surface area contributed by atoms with Crippen molar-refractivity contribution in [3.05, 3.63) is 70.2 Å². The number of hydrogen-bond donors (Lipinski definition) is 1. The molecule has 0 bridgehead atoms. The van der Waals surface area contributed by atoms with E-state index in [0.29, 0.717) is 13.2 Å². The Kier molecular flexibility index (Phi) is 5.58. The van der Waals surface area contributed by atoms with Gasteiger partial charge in [-0.05, 0) is 29.7 Å². The minimum atomic E-state index is 0.0323. The zero-order chi connectivity index (χ0) is 13.5. The van der Waals surface area contributed by atoms with Crippen LogP contribution < -0.4 is 5.73 Å². The molecular formula is C16H18BrNO. The van der Waals surface area contributed by atoms with Crippen molar-refractivity contribution in [1.29, 1.82) is 0 Å². The third-order valence-corrected chi connectivity index (χ3v) is 3.38. The molecule has 2 rings (SSSR count). The Morgan fingerprint density at radius 3 is 2.32 bits per heavy atom. The average molecular weight is 320 g/mol. The van der Waals surface area contributed by atoms with Gasteiger partial charge in [-0.15, -0.1) is 0 Å². The van der Waals surface area contributed by atoms with Crippen LogP contribution in [-0.4, -0.2) is 12.6 Å². The molecule has 1 atom stereocenters. The molecule has 2 nitrogen and oxygen atoms in total. The normalized spacial score (nSPS) is 12.3. The van der Waals surface area contributed by atoms with Gasteiger partial charge in [0.2, 0.25) is 0 Å². The summed E-state index contributed by atoms with van der Waals surface area (Å²) in [6.07, 6.45) is 0.835. The summed E-state index contributed by atoms with van der Waals surface area (Å²) in [6.45, 7) is 1.19. The van der Waals surface area contributed by atoms with Crippen LogP contribution in [0.2, 0.25) is 0 Å². The highest BCUT2D eigenvalue weighted by atomic mass is 79.9. The van der Waals surface area contributed by atoms with E-state index in [-0.39, 0.29) is 6.04 Å². The topological polar surface area (TPSA) is 35.2 Å². The molecule has 19 heavy (non-hydrogen) atoms. The molecule has 0 aliphatic rings. The highest BCUT2D eigenvalue weighted by Crippen LogP contribution is 2.11. The van der Waals surface area contributed by atoms with Crippen LogP contribution in [0.15, 0.2) is 59.1 Å². The van der Waals surface area contributed by atoms with Crippen molar-refractivity contribution in [2.24, 2.45) is 5.73 Å². The lowest BCUT2D eigenvalue weighted by Crippen LogP contribution is -2.28. The van der Waals surface area contributed by atoms with Crippen molar-refractivity contribution in [3.8, 4) is 0 Å². The maximum atomic E-state index is 6.07. The molecule has 2 aromatic carbocycles. The van der Waals surface area contributed by atoms with Gasteiger partial charge in [0.25, 0.3) is 0 Å². The molecule has 0 saturated heterocycles. The molecule has 0 spiro atoms. The molecule has 3 heteroatoms. The molecule has 1 unspecified atom stereocenters. The van der Waals surface area contributed by atoms with Gasteiger partial charge in [-0.3, -0.25) is 0 Å². The van der Waals surface area contributed by atoms with Crippen LogP contribution in [0.4, 0.5) is 0 Å². The van der Waals surface area contributed by atoms with Gasteiger partial charge in [-0.2, -0.15) is 0 Å². The van der Waals surface area contributed by atoms with E-state index in [2.05, 4.69) is 40.2 Å². The van der Waals surface area contributed by atoms with Crippen LogP contribution in [0.25, 0.3) is 0 Å². The number of nitrogens with two attached hydrogens (primary N) is 1. The highest BCUT2D eigenvalue weighted by molar-refractivity contribution is 9.10. The minimum absolute atomic E-state index is 0.0323. The van der Waals surface area contributed by atoms with Crippen molar-refractivity contribution in [2.45, 2.75) is 19.1 Å². The summed E-state index contributed by atoms with van der Waals surface area (Å²) in [6, 6.07) is 18.4. The molecular weight excluding hydrogens is 302 g/mol. The van der Waals surface area contributed by atoms with Crippen molar-refractivity contribution in [3.63, 3.8) is 0 Å². The molecule has 2 N–H and O–H groups in total. The number of hydrogen-bond acceptors (Lipinski definition) is 2. The van der Waals surface area contributed by atoms with E-state index in [1.807, 2.05) is 30.3 Å². The Morgan fingerprint density at radius 1 is 0.947 bits per heavy atom. The Hall–Kier alpha value is -1.16. The molecule has 100 valence electrons. The van der Waals surface area contributed by atoms with Crippen molar-refractivity contribution >= 4 is 15.9 Å². The summed E-state index contributed by atoms with van der Waals surface area (Å²) in [5, 5.41) is 0. The fourth-order valence-corrected chi connectivity index (χ4v) is 2.15. The van der Waals surface area contributed by atoms with Crippen LogP contribution >= 0.6 is 15.9 Å². The second-order valence-electron chi connectivity index (χ2n) is 4.59. The summed E-state index contributed by atoms with van der Waals surface area (Å²) in [4.78, 5) is 0. The number of halogens is 1. The first-order valence-electron chi connectivity index (χ1n) is 6.36. The first kappa shape index (κ1) is 14.3. The number of rotatable bonds is 6. The van der Waals surface area contributed by atoms with Crippen molar-refractivity contribution in [1.82, 2.24) is 0 Å². The summed E-state index contributed by atoms with van der Waals surface area (Å²) in [7, 11) is 0. The highest BCUT2D eigenvalue weighted by Gasteiger charge is 2.04. The Morgan fingerprint density at radius 2 is 1.63 bits per heavy atom. The molecule has 0 fully saturated rings. The van der Waals surface area contributed by atoms with Gasteiger partial charge in [-0.1, -0.05) is 58.4 Å². The standard InChI is InChI=1S/C16H18BrNO/c17-15-8-6-13(7-9-15)10-16(18)12-19-11-14-4-2-1-3-5-14/h1-9,16H,10-12,18H2. The first-order chi connectivity index (χ1) is 9.24. The Balaban J connectivity index is 1.73. The van der Waals surface area contributed by atoms with Gasteiger partial charge in [0.1, 0.15) is 0 Å². The van der Waals surface area contributed by atoms with Gasteiger partial charge in [-0.25, -0.2) is 0 Å². The van der Waals surface area contributed by atoms with E-state index < -0.39 is 0 Å². The third kappa shape index (κ3) is 5.15. The maximum absolute atomic E-state index is 6.07. The Labute approximate surface area is 122 Å². The molecule has 0 radical (unpaired) electrons. The minimum Gasteiger partial charge on any atom is -0.375 e. The number of ether oxygens (including phenoxy) is 1. The number of benzene rings is 2. The molecule has 0 aliphatic heterocycles. The SMILES string of the molecule is NC(COCc1ccccc1)Cc1ccc(Br)cc1. The van der Waals surface area contributed by atoms with Crippen LogP contribution in [0.3, 0.4) is 0 Å². The lowest BCUT2D eigenvalue weighted by molar-refractivity contribution is 0.108. The summed E-state index contributed by atoms with van der Waals surface area (Å²) in [5.74, 6) is 0. The fourth-order valence-electron chi connectivity index (χ4n) is 1.88. The van der Waals surface area contributed by atoms with Gasteiger partial charge >= 0.3 is 0 Å². The predicted molar refractivity (Wildman–Crippen MR) is 81.9 cm³/mol. The van der Waals surface area contributed by atoms with E-state index >= 15 is 0 Å².